The van der Waals surface area contributed by atoms with E-state index in [0.717, 1.165) is 6.42 Å². The van der Waals surface area contributed by atoms with Crippen LogP contribution in [0.15, 0.2) is 0 Å². The van der Waals surface area contributed by atoms with Crippen molar-refractivity contribution < 1.29 is 4.12 Å². The van der Waals surface area contributed by atoms with Crippen LogP contribution in [0.5, 0.6) is 0 Å². The molecule has 0 aromatic rings. The monoisotopic (exact) mass is 189 g/mol. The van der Waals surface area contributed by atoms with E-state index in [0.29, 0.717) is 0 Å². The predicted molar refractivity (Wildman–Crippen MR) is 56.7 cm³/mol. The summed E-state index contributed by atoms with van der Waals surface area (Å²) in [6.45, 7) is 15.2. The third-order valence-corrected chi connectivity index (χ3v) is 7.58. The molecule has 0 aliphatic heterocycles. The molecule has 0 heterocycles. The lowest BCUT2D eigenvalue weighted by molar-refractivity contribution is 0.547. The Hall–Kier alpha value is 0.394. The summed E-state index contributed by atoms with van der Waals surface area (Å²) >= 11 is 0. The summed E-state index contributed by atoms with van der Waals surface area (Å²) in [5.74, 6) is 0. The van der Waals surface area contributed by atoms with Crippen molar-refractivity contribution in [3.63, 3.8) is 0 Å². The van der Waals surface area contributed by atoms with Crippen LogP contribution in [0, 0.1) is 6.92 Å². The van der Waals surface area contributed by atoms with E-state index in [1.54, 1.807) is 0 Å². The van der Waals surface area contributed by atoms with Crippen molar-refractivity contribution in [2.24, 2.45) is 0 Å². The van der Waals surface area contributed by atoms with E-state index < -0.39 is 16.6 Å². The summed E-state index contributed by atoms with van der Waals surface area (Å²) in [5.41, 5.74) is 0. The topological polar surface area (TPSA) is 9.23 Å². The molecule has 0 fully saturated rings. The minimum Gasteiger partial charge on any atom is -0.456 e. The molecule has 0 atom stereocenters. The third kappa shape index (κ3) is 6.78. The third-order valence-electron chi connectivity index (χ3n) is 1.36. The molecule has 0 saturated carbocycles. The molecule has 0 spiro atoms. The Bertz CT molecular complexity index is 116. The van der Waals surface area contributed by atoms with Gasteiger partial charge in [0.2, 0.25) is 0 Å². The zero-order chi connectivity index (χ0) is 9.12. The molecule has 0 rings (SSSR count). The van der Waals surface area contributed by atoms with E-state index >= 15 is 0 Å². The van der Waals surface area contributed by atoms with Crippen LogP contribution >= 0.6 is 0 Å². The van der Waals surface area contributed by atoms with Crippen LogP contribution in [-0.4, -0.2) is 16.6 Å². The van der Waals surface area contributed by atoms with E-state index in [2.05, 4.69) is 39.7 Å². The van der Waals surface area contributed by atoms with Gasteiger partial charge in [0.15, 0.2) is 16.6 Å². The van der Waals surface area contributed by atoms with Crippen LogP contribution in [0.2, 0.25) is 38.8 Å². The Balaban J connectivity index is 3.91. The molecular weight excluding hydrogens is 168 g/mol. The SMILES string of the molecule is [CH2]CC[Si](C)(C)O[Si](C)(C)C. The second kappa shape index (κ2) is 3.87. The van der Waals surface area contributed by atoms with Crippen molar-refractivity contribution >= 4 is 16.6 Å². The van der Waals surface area contributed by atoms with Crippen LogP contribution in [-0.2, 0) is 4.12 Å². The maximum Gasteiger partial charge on any atom is 0.173 e. The lowest BCUT2D eigenvalue weighted by atomic mass is 10.6. The summed E-state index contributed by atoms with van der Waals surface area (Å²) < 4.78 is 6.10. The van der Waals surface area contributed by atoms with E-state index in [1.165, 1.54) is 6.04 Å². The van der Waals surface area contributed by atoms with Gasteiger partial charge in [0.05, 0.1) is 0 Å². The van der Waals surface area contributed by atoms with Crippen molar-refractivity contribution in [3.05, 3.63) is 6.92 Å². The molecule has 0 N–H and O–H groups in total. The van der Waals surface area contributed by atoms with Gasteiger partial charge in [-0.15, -0.1) is 0 Å². The first kappa shape index (κ1) is 11.4. The van der Waals surface area contributed by atoms with Crippen LogP contribution in [0.25, 0.3) is 0 Å². The molecule has 0 saturated heterocycles. The lowest BCUT2D eigenvalue weighted by Gasteiger charge is -2.31. The molecule has 0 unspecified atom stereocenters. The van der Waals surface area contributed by atoms with E-state index in [9.17, 15) is 0 Å². The Labute approximate surface area is 73.4 Å². The molecule has 3 heteroatoms. The summed E-state index contributed by atoms with van der Waals surface area (Å²) in [4.78, 5) is 0. The lowest BCUT2D eigenvalue weighted by Crippen LogP contribution is -2.41. The van der Waals surface area contributed by atoms with Crippen LogP contribution in [0.4, 0.5) is 0 Å². The number of hydrogen-bond donors (Lipinski definition) is 0. The van der Waals surface area contributed by atoms with Crippen LogP contribution < -0.4 is 0 Å². The maximum atomic E-state index is 6.10. The second-order valence-electron chi connectivity index (χ2n) is 4.58. The first-order valence-corrected chi connectivity index (χ1v) is 10.8. The largest absolute Gasteiger partial charge is 0.456 e. The van der Waals surface area contributed by atoms with Crippen LogP contribution in [0.1, 0.15) is 6.42 Å². The van der Waals surface area contributed by atoms with Gasteiger partial charge in [0.25, 0.3) is 0 Å². The van der Waals surface area contributed by atoms with E-state index in [4.69, 9.17) is 4.12 Å². The Kier molecular flexibility index (Phi) is 4.01. The average molecular weight is 189 g/mol. The molecule has 0 amide bonds. The normalized spacial score (nSPS) is 13.6. The summed E-state index contributed by atoms with van der Waals surface area (Å²) in [6, 6.07) is 1.19. The van der Waals surface area contributed by atoms with E-state index in [1.807, 2.05) is 0 Å². The highest BCUT2D eigenvalue weighted by molar-refractivity contribution is 6.84. The van der Waals surface area contributed by atoms with Crippen molar-refractivity contribution in [1.82, 2.24) is 0 Å². The maximum absolute atomic E-state index is 6.10. The smallest absolute Gasteiger partial charge is 0.173 e. The molecule has 1 nitrogen and oxygen atoms in total. The average Bonchev–Trinajstić information content (AvgIpc) is 1.55. The molecule has 0 aromatic carbocycles. The molecule has 0 aromatic heterocycles. The molecular formula is C8H21OSi2. The van der Waals surface area contributed by atoms with Gasteiger partial charge in [0.1, 0.15) is 0 Å². The highest BCUT2D eigenvalue weighted by Gasteiger charge is 2.28. The Morgan fingerprint density at radius 1 is 1.09 bits per heavy atom. The molecule has 1 radical (unpaired) electrons. The van der Waals surface area contributed by atoms with Crippen molar-refractivity contribution in [2.75, 3.05) is 0 Å². The Morgan fingerprint density at radius 3 is 1.82 bits per heavy atom. The predicted octanol–water partition coefficient (Wildman–Crippen LogP) is 3.27. The quantitative estimate of drug-likeness (QED) is 0.617. The van der Waals surface area contributed by atoms with Gasteiger partial charge in [0, 0.05) is 0 Å². The molecule has 11 heavy (non-hydrogen) atoms. The minimum atomic E-state index is -1.34. The van der Waals surface area contributed by atoms with Gasteiger partial charge in [-0.05, 0) is 38.8 Å². The van der Waals surface area contributed by atoms with Crippen molar-refractivity contribution in [3.8, 4) is 0 Å². The minimum absolute atomic E-state index is 1.02. The fourth-order valence-corrected chi connectivity index (χ4v) is 9.20. The molecule has 0 aliphatic carbocycles. The first-order chi connectivity index (χ1) is 4.77. The molecule has 0 aliphatic rings. The van der Waals surface area contributed by atoms with Crippen molar-refractivity contribution in [1.29, 1.82) is 0 Å². The summed E-state index contributed by atoms with van der Waals surface area (Å²) in [5, 5.41) is 0. The number of hydrogen-bond acceptors (Lipinski definition) is 1. The van der Waals surface area contributed by atoms with Gasteiger partial charge < -0.3 is 4.12 Å². The standard InChI is InChI=1S/C8H21OSi2/c1-7-8-11(5,6)9-10(2,3)4/h1,7-8H2,2-6H3. The molecule has 0 bridgehead atoms. The van der Waals surface area contributed by atoms with Gasteiger partial charge >= 0.3 is 0 Å². The van der Waals surface area contributed by atoms with Gasteiger partial charge in [-0.2, -0.15) is 0 Å². The molecule has 67 valence electrons. The summed E-state index contributed by atoms with van der Waals surface area (Å²) in [7, 11) is -2.64. The summed E-state index contributed by atoms with van der Waals surface area (Å²) in [6.07, 6.45) is 1.02. The number of rotatable bonds is 4. The first-order valence-electron chi connectivity index (χ1n) is 4.26. The fourth-order valence-electron chi connectivity index (χ4n) is 1.31. The van der Waals surface area contributed by atoms with Gasteiger partial charge in [-0.1, -0.05) is 13.3 Å². The fraction of sp³-hybridized carbons (Fsp3) is 0.875. The van der Waals surface area contributed by atoms with Crippen LogP contribution in [0.3, 0.4) is 0 Å². The van der Waals surface area contributed by atoms with Gasteiger partial charge in [-0.3, -0.25) is 0 Å². The zero-order valence-electron chi connectivity index (χ0n) is 8.53. The van der Waals surface area contributed by atoms with E-state index in [-0.39, 0.29) is 0 Å². The zero-order valence-corrected chi connectivity index (χ0v) is 10.5. The highest BCUT2D eigenvalue weighted by Crippen LogP contribution is 2.18. The second-order valence-corrected chi connectivity index (χ2v) is 13.6. The Morgan fingerprint density at radius 2 is 1.55 bits per heavy atom. The van der Waals surface area contributed by atoms with Gasteiger partial charge in [-0.25, -0.2) is 0 Å². The highest BCUT2D eigenvalue weighted by atomic mass is 28.4. The van der Waals surface area contributed by atoms with Crippen molar-refractivity contribution in [2.45, 2.75) is 45.2 Å².